The molecule has 0 spiro atoms. The molecule has 354 valence electrons. The average molecular weight is 998 g/mol. The SMILES string of the molecule is C=C(/C=C(/OCc1csc(C(C)C)n1)c1cc(-c2cn3nc(OCC[C@@H]4CN(c5nc(COc6cc(OC)cc7oc(-c8cn9nc(OC)sc9n8)cc67)cs5)C[C@H](C)O4)sc3n2)oc1C)OC. The molecule has 0 aliphatic carbocycles. The van der Waals surface area contributed by atoms with Crippen LogP contribution in [0.5, 0.6) is 21.9 Å². The van der Waals surface area contributed by atoms with Crippen LogP contribution in [0.2, 0.25) is 0 Å². The molecule has 1 saturated heterocycles. The fourth-order valence-electron chi connectivity index (χ4n) is 7.55. The molecule has 9 heterocycles. The van der Waals surface area contributed by atoms with Crippen molar-refractivity contribution in [3.8, 4) is 44.8 Å². The Morgan fingerprint density at radius 1 is 0.853 bits per heavy atom. The normalized spacial score (nSPS) is 15.6. The molecule has 1 aliphatic rings. The van der Waals surface area contributed by atoms with Crippen LogP contribution >= 0.6 is 45.3 Å². The molecule has 1 aromatic carbocycles. The quantitative estimate of drug-likeness (QED) is 0.0551. The van der Waals surface area contributed by atoms with Crippen LogP contribution in [-0.2, 0) is 27.4 Å². The minimum absolute atomic E-state index is 0.00163. The van der Waals surface area contributed by atoms with Gasteiger partial charge >= 0.3 is 0 Å². The number of methoxy groups -OCH3 is 3. The first-order valence-electron chi connectivity index (χ1n) is 21.6. The molecule has 1 aliphatic heterocycles. The Morgan fingerprint density at radius 2 is 1.59 bits per heavy atom. The van der Waals surface area contributed by atoms with E-state index in [1.807, 2.05) is 48.1 Å². The van der Waals surface area contributed by atoms with Crippen LogP contribution < -0.4 is 23.8 Å². The second kappa shape index (κ2) is 19.3. The van der Waals surface area contributed by atoms with Crippen molar-refractivity contribution in [1.29, 1.82) is 0 Å². The van der Waals surface area contributed by atoms with Crippen LogP contribution in [0.25, 0.3) is 49.6 Å². The molecule has 8 aromatic heterocycles. The van der Waals surface area contributed by atoms with Gasteiger partial charge in [0.15, 0.2) is 16.7 Å². The molecule has 0 radical (unpaired) electrons. The lowest BCUT2D eigenvalue weighted by Crippen LogP contribution is -2.47. The number of fused-ring (bicyclic) bond motifs is 3. The molecule has 0 bridgehead atoms. The maximum absolute atomic E-state index is 6.37. The lowest BCUT2D eigenvalue weighted by molar-refractivity contribution is -0.0250. The zero-order chi connectivity index (χ0) is 47.1. The Kier molecular flexibility index (Phi) is 12.8. The molecular weight excluding hydrogens is 951 g/mol. The predicted octanol–water partition coefficient (Wildman–Crippen LogP) is 10.3. The maximum Gasteiger partial charge on any atom is 0.294 e. The van der Waals surface area contributed by atoms with Crippen LogP contribution in [0.3, 0.4) is 0 Å². The Bertz CT molecular complexity index is 3200. The topological polar surface area (TPSA) is 180 Å². The number of hydrogen-bond acceptors (Lipinski definition) is 20. The van der Waals surface area contributed by atoms with Crippen molar-refractivity contribution in [2.45, 2.75) is 65.5 Å². The van der Waals surface area contributed by atoms with E-state index in [4.69, 9.17) is 56.9 Å². The number of ether oxygens (including phenoxy) is 7. The largest absolute Gasteiger partial charge is 0.497 e. The second-order valence-corrected chi connectivity index (χ2v) is 19.8. The van der Waals surface area contributed by atoms with Crippen molar-refractivity contribution in [3.63, 3.8) is 0 Å². The third kappa shape index (κ3) is 9.63. The van der Waals surface area contributed by atoms with Crippen LogP contribution in [0.4, 0.5) is 5.13 Å². The molecular formula is C46H47N9O9S4. The highest BCUT2D eigenvalue weighted by Crippen LogP contribution is 2.39. The Labute approximate surface area is 406 Å². The summed E-state index contributed by atoms with van der Waals surface area (Å²) in [7, 11) is 4.76. The van der Waals surface area contributed by atoms with Gasteiger partial charge in [0.2, 0.25) is 9.92 Å². The van der Waals surface area contributed by atoms with Crippen LogP contribution in [0.1, 0.15) is 60.8 Å². The number of benzene rings is 1. The summed E-state index contributed by atoms with van der Waals surface area (Å²) in [5.74, 6) is 4.41. The van der Waals surface area contributed by atoms with Gasteiger partial charge in [0.05, 0.1) is 79.9 Å². The van der Waals surface area contributed by atoms with Crippen molar-refractivity contribution in [3.05, 3.63) is 93.6 Å². The lowest BCUT2D eigenvalue weighted by atomic mass is 10.2. The Hall–Kier alpha value is -6.46. The third-order valence-corrected chi connectivity index (χ3v) is 14.8. The number of nitrogens with zero attached hydrogens (tertiary/aromatic N) is 9. The van der Waals surface area contributed by atoms with Crippen molar-refractivity contribution < 1.29 is 42.0 Å². The van der Waals surface area contributed by atoms with E-state index in [1.54, 1.807) is 65.3 Å². The number of hydrogen-bond donors (Lipinski definition) is 0. The van der Waals surface area contributed by atoms with Gasteiger partial charge in [0.25, 0.3) is 10.4 Å². The van der Waals surface area contributed by atoms with E-state index in [9.17, 15) is 0 Å². The Morgan fingerprint density at radius 3 is 2.31 bits per heavy atom. The van der Waals surface area contributed by atoms with Gasteiger partial charge in [-0.05, 0) is 48.7 Å². The molecule has 68 heavy (non-hydrogen) atoms. The van der Waals surface area contributed by atoms with Crippen LogP contribution in [0, 0.1) is 6.92 Å². The van der Waals surface area contributed by atoms with Gasteiger partial charge in [-0.3, -0.25) is 0 Å². The number of aromatic nitrogens is 8. The first-order chi connectivity index (χ1) is 33.0. The number of morpholine rings is 1. The predicted molar refractivity (Wildman–Crippen MR) is 261 cm³/mol. The minimum Gasteiger partial charge on any atom is -0.497 e. The summed E-state index contributed by atoms with van der Waals surface area (Å²) in [5, 5.41) is 16.9. The summed E-state index contributed by atoms with van der Waals surface area (Å²) in [6.07, 6.45) is 5.98. The van der Waals surface area contributed by atoms with E-state index in [0.29, 0.717) is 110 Å². The lowest BCUT2D eigenvalue weighted by Gasteiger charge is -2.36. The summed E-state index contributed by atoms with van der Waals surface area (Å²) < 4.78 is 57.1. The monoisotopic (exact) mass is 997 g/mol. The van der Waals surface area contributed by atoms with Crippen molar-refractivity contribution in [1.82, 2.24) is 39.2 Å². The summed E-state index contributed by atoms with van der Waals surface area (Å²) in [4.78, 5) is 22.8. The standard InChI is InChI=1S/C46H47N9O9S4/c1-24(2)41-47-28(22-65-41)20-60-36(11-25(3)56-6)32-14-39(63-27(32)5)34-18-55-44(49-34)68-46(52-55)59-10-9-30-17-53(16-26(4)62-30)42-48-29(23-66-42)21-61-37-12-31(57-7)13-38-33(37)15-40(64-38)35-19-54-43(50-35)67-45(51-54)58-8/h11-15,18-19,22-24,26,30H,3,9-10,16-17,20-21H2,1-2,4-8H3/b36-11+/t26-,30+/m0/s1. The molecule has 9 aromatic rings. The van der Waals surface area contributed by atoms with Crippen LogP contribution in [-0.4, -0.2) is 92.4 Å². The number of imidazole rings is 2. The van der Waals surface area contributed by atoms with E-state index < -0.39 is 0 Å². The van der Waals surface area contributed by atoms with Crippen molar-refractivity contribution in [2.75, 3.05) is 45.9 Å². The van der Waals surface area contributed by atoms with E-state index in [1.165, 1.54) is 22.7 Å². The van der Waals surface area contributed by atoms with Gasteiger partial charge < -0.3 is 46.9 Å². The molecule has 22 heteroatoms. The van der Waals surface area contributed by atoms with E-state index in [0.717, 1.165) is 39.0 Å². The number of rotatable bonds is 19. The molecule has 1 fully saturated rings. The highest BCUT2D eigenvalue weighted by atomic mass is 32.1. The van der Waals surface area contributed by atoms with Gasteiger partial charge in [-0.15, -0.1) is 32.9 Å². The fourth-order valence-corrected chi connectivity index (χ4v) is 10.7. The molecule has 18 nitrogen and oxygen atoms in total. The number of thiazole rings is 2. The zero-order valence-corrected chi connectivity index (χ0v) is 41.5. The molecule has 0 amide bonds. The number of anilines is 1. The Balaban J connectivity index is 0.743. The number of aryl methyl sites for hydroxylation is 1. The number of furan rings is 2. The zero-order valence-electron chi connectivity index (χ0n) is 38.2. The fraction of sp³-hybridized carbons (Fsp3) is 0.348. The van der Waals surface area contributed by atoms with Crippen LogP contribution in [0.15, 0.2) is 74.7 Å². The van der Waals surface area contributed by atoms with Crippen molar-refractivity contribution in [2.24, 2.45) is 0 Å². The second-order valence-electron chi connectivity index (χ2n) is 16.2. The third-order valence-electron chi connectivity index (χ3n) is 10.9. The van der Waals surface area contributed by atoms with Gasteiger partial charge in [-0.1, -0.05) is 20.4 Å². The average Bonchev–Trinajstić information content (AvgIpc) is 4.18. The maximum atomic E-state index is 6.37. The summed E-state index contributed by atoms with van der Waals surface area (Å²) >= 11 is 5.92. The molecule has 0 saturated carbocycles. The summed E-state index contributed by atoms with van der Waals surface area (Å²) in [6, 6.07) is 7.50. The molecule has 0 N–H and O–H groups in total. The van der Waals surface area contributed by atoms with Crippen molar-refractivity contribution >= 4 is 77.1 Å². The summed E-state index contributed by atoms with van der Waals surface area (Å²) in [6.45, 7) is 14.5. The van der Waals surface area contributed by atoms with E-state index in [-0.39, 0.29) is 18.8 Å². The highest BCUT2D eigenvalue weighted by molar-refractivity contribution is 7.18. The van der Waals surface area contributed by atoms with Gasteiger partial charge in [-0.25, -0.2) is 29.0 Å². The molecule has 2 atom stereocenters. The van der Waals surface area contributed by atoms with Gasteiger partial charge in [0.1, 0.15) is 59.0 Å². The highest BCUT2D eigenvalue weighted by Gasteiger charge is 2.28. The molecule has 0 unspecified atom stereocenters. The minimum atomic E-state index is -0.0679. The number of allylic oxidation sites excluding steroid dienone is 1. The van der Waals surface area contributed by atoms with E-state index >= 15 is 0 Å². The van der Waals surface area contributed by atoms with Gasteiger partial charge in [-0.2, -0.15) is 0 Å². The first kappa shape index (κ1) is 45.3. The van der Waals surface area contributed by atoms with E-state index in [2.05, 4.69) is 47.4 Å². The first-order valence-corrected chi connectivity index (χ1v) is 25.0. The summed E-state index contributed by atoms with van der Waals surface area (Å²) in [5.41, 5.74) is 4.32. The molecule has 10 rings (SSSR count). The smallest absolute Gasteiger partial charge is 0.294 e. The van der Waals surface area contributed by atoms with Gasteiger partial charge in [0, 0.05) is 54.4 Å².